The maximum Gasteiger partial charge on any atom is 0.223 e. The molecule has 24 heavy (non-hydrogen) atoms. The van der Waals surface area contributed by atoms with Crippen LogP contribution in [0.3, 0.4) is 0 Å². The van der Waals surface area contributed by atoms with Crippen molar-refractivity contribution in [3.63, 3.8) is 0 Å². The molecule has 0 spiro atoms. The zero-order valence-electron chi connectivity index (χ0n) is 14.4. The zero-order valence-corrected chi connectivity index (χ0v) is 15.2. The second-order valence-electron chi connectivity index (χ2n) is 6.33. The SMILES string of the molecule is CC(=O)Nc1nc(CN2CCN(Cc3nccn3C)[C@@H](C)C2)cs1. The Hall–Kier alpha value is -1.77. The minimum absolute atomic E-state index is 0.0765. The Labute approximate surface area is 146 Å². The molecular weight excluding hydrogens is 324 g/mol. The molecule has 1 aliphatic heterocycles. The average molecular weight is 348 g/mol. The van der Waals surface area contributed by atoms with Crippen LogP contribution in [0, 0.1) is 0 Å². The molecule has 0 aliphatic carbocycles. The van der Waals surface area contributed by atoms with Crippen LogP contribution in [0.2, 0.25) is 0 Å². The van der Waals surface area contributed by atoms with Gasteiger partial charge in [0, 0.05) is 64.0 Å². The van der Waals surface area contributed by atoms with Gasteiger partial charge in [-0.3, -0.25) is 14.6 Å². The first-order valence-electron chi connectivity index (χ1n) is 8.16. The summed E-state index contributed by atoms with van der Waals surface area (Å²) in [5.74, 6) is 1.03. The Bertz CT molecular complexity index is 696. The second kappa shape index (κ2) is 7.42. The third kappa shape index (κ3) is 4.19. The number of piperazine rings is 1. The van der Waals surface area contributed by atoms with Gasteiger partial charge in [-0.1, -0.05) is 0 Å². The Balaban J connectivity index is 1.52. The van der Waals surface area contributed by atoms with Crippen LogP contribution in [0.25, 0.3) is 0 Å². The molecular formula is C16H24N6OS. The molecule has 8 heteroatoms. The first kappa shape index (κ1) is 17.1. The van der Waals surface area contributed by atoms with Crippen molar-refractivity contribution in [3.05, 3.63) is 29.3 Å². The van der Waals surface area contributed by atoms with Crippen LogP contribution in [-0.2, 0) is 24.9 Å². The molecule has 130 valence electrons. The van der Waals surface area contributed by atoms with E-state index >= 15 is 0 Å². The number of aromatic nitrogens is 3. The molecule has 0 unspecified atom stereocenters. The molecule has 1 saturated heterocycles. The number of anilines is 1. The van der Waals surface area contributed by atoms with Crippen molar-refractivity contribution in [3.8, 4) is 0 Å². The number of carbonyl (C=O) groups is 1. The minimum Gasteiger partial charge on any atom is -0.337 e. The molecule has 0 saturated carbocycles. The molecule has 1 fully saturated rings. The van der Waals surface area contributed by atoms with Gasteiger partial charge in [-0.15, -0.1) is 11.3 Å². The summed E-state index contributed by atoms with van der Waals surface area (Å²) in [5.41, 5.74) is 1.02. The number of nitrogens with zero attached hydrogens (tertiary/aromatic N) is 5. The lowest BCUT2D eigenvalue weighted by atomic mass is 10.2. The number of imidazole rings is 1. The fourth-order valence-electron chi connectivity index (χ4n) is 3.00. The summed E-state index contributed by atoms with van der Waals surface area (Å²) in [4.78, 5) is 24.9. The van der Waals surface area contributed by atoms with E-state index in [1.165, 1.54) is 18.3 Å². The van der Waals surface area contributed by atoms with Gasteiger partial charge in [-0.2, -0.15) is 0 Å². The van der Waals surface area contributed by atoms with Gasteiger partial charge in [-0.25, -0.2) is 9.97 Å². The minimum atomic E-state index is -0.0765. The smallest absolute Gasteiger partial charge is 0.223 e. The normalized spacial score (nSPS) is 19.5. The van der Waals surface area contributed by atoms with Crippen LogP contribution < -0.4 is 5.32 Å². The largest absolute Gasteiger partial charge is 0.337 e. The molecule has 1 amide bonds. The Morgan fingerprint density at radius 3 is 2.92 bits per heavy atom. The van der Waals surface area contributed by atoms with Crippen molar-refractivity contribution in [2.75, 3.05) is 25.0 Å². The summed E-state index contributed by atoms with van der Waals surface area (Å²) < 4.78 is 2.08. The monoisotopic (exact) mass is 348 g/mol. The number of amides is 1. The molecule has 0 radical (unpaired) electrons. The summed E-state index contributed by atoms with van der Waals surface area (Å²) in [6.45, 7) is 8.54. The van der Waals surface area contributed by atoms with E-state index in [4.69, 9.17) is 0 Å². The first-order chi connectivity index (χ1) is 11.5. The molecule has 0 bridgehead atoms. The third-order valence-electron chi connectivity index (χ3n) is 4.34. The van der Waals surface area contributed by atoms with Gasteiger partial charge in [0.05, 0.1) is 12.2 Å². The molecule has 7 nitrogen and oxygen atoms in total. The summed E-state index contributed by atoms with van der Waals surface area (Å²) in [7, 11) is 2.04. The van der Waals surface area contributed by atoms with Gasteiger partial charge in [0.25, 0.3) is 0 Å². The molecule has 3 rings (SSSR count). The molecule has 2 aromatic rings. The molecule has 0 aromatic carbocycles. The highest BCUT2D eigenvalue weighted by Gasteiger charge is 2.25. The Kier molecular flexibility index (Phi) is 5.27. The van der Waals surface area contributed by atoms with Crippen molar-refractivity contribution in [2.45, 2.75) is 33.0 Å². The molecule has 1 atom stereocenters. The van der Waals surface area contributed by atoms with Crippen LogP contribution >= 0.6 is 11.3 Å². The van der Waals surface area contributed by atoms with Crippen molar-refractivity contribution in [1.29, 1.82) is 0 Å². The van der Waals surface area contributed by atoms with Crippen LogP contribution in [0.5, 0.6) is 0 Å². The van der Waals surface area contributed by atoms with E-state index in [1.807, 2.05) is 24.8 Å². The van der Waals surface area contributed by atoms with Crippen molar-refractivity contribution in [1.82, 2.24) is 24.3 Å². The Morgan fingerprint density at radius 1 is 1.42 bits per heavy atom. The molecule has 1 aliphatic rings. The number of thiazole rings is 1. The highest BCUT2D eigenvalue weighted by Crippen LogP contribution is 2.19. The van der Waals surface area contributed by atoms with Crippen LogP contribution in [0.15, 0.2) is 17.8 Å². The predicted molar refractivity (Wildman–Crippen MR) is 94.8 cm³/mol. The zero-order chi connectivity index (χ0) is 17.1. The van der Waals surface area contributed by atoms with Gasteiger partial charge < -0.3 is 9.88 Å². The van der Waals surface area contributed by atoms with E-state index in [-0.39, 0.29) is 5.91 Å². The van der Waals surface area contributed by atoms with Gasteiger partial charge in [-0.05, 0) is 6.92 Å². The average Bonchev–Trinajstić information content (AvgIpc) is 3.11. The highest BCUT2D eigenvalue weighted by atomic mass is 32.1. The van der Waals surface area contributed by atoms with Gasteiger partial charge in [0.1, 0.15) is 5.82 Å². The van der Waals surface area contributed by atoms with E-state index in [2.05, 4.69) is 36.6 Å². The number of hydrogen-bond acceptors (Lipinski definition) is 6. The lowest BCUT2D eigenvalue weighted by Gasteiger charge is -2.39. The maximum absolute atomic E-state index is 11.1. The summed E-state index contributed by atoms with van der Waals surface area (Å²) in [6.07, 6.45) is 3.84. The summed E-state index contributed by atoms with van der Waals surface area (Å²) in [5, 5.41) is 5.44. The molecule has 3 heterocycles. The van der Waals surface area contributed by atoms with Crippen molar-refractivity contribution < 1.29 is 4.79 Å². The molecule has 2 aromatic heterocycles. The number of rotatable bonds is 5. The summed E-state index contributed by atoms with van der Waals surface area (Å²) >= 11 is 1.48. The lowest BCUT2D eigenvalue weighted by Crippen LogP contribution is -2.51. The van der Waals surface area contributed by atoms with E-state index in [0.717, 1.165) is 44.2 Å². The second-order valence-corrected chi connectivity index (χ2v) is 7.19. The van der Waals surface area contributed by atoms with Crippen LogP contribution in [-0.4, -0.2) is 55.9 Å². The van der Waals surface area contributed by atoms with E-state index in [1.54, 1.807) is 0 Å². The first-order valence-corrected chi connectivity index (χ1v) is 9.04. The van der Waals surface area contributed by atoms with E-state index < -0.39 is 0 Å². The topological polar surface area (TPSA) is 66.3 Å². The predicted octanol–water partition coefficient (Wildman–Crippen LogP) is 1.54. The quantitative estimate of drug-likeness (QED) is 0.888. The fraction of sp³-hybridized carbons (Fsp3) is 0.562. The van der Waals surface area contributed by atoms with Crippen LogP contribution in [0.4, 0.5) is 5.13 Å². The summed E-state index contributed by atoms with van der Waals surface area (Å²) in [6, 6.07) is 0.476. The number of hydrogen-bond donors (Lipinski definition) is 1. The van der Waals surface area contributed by atoms with Gasteiger partial charge in [0.2, 0.25) is 5.91 Å². The fourth-order valence-corrected chi connectivity index (χ4v) is 3.74. The number of carbonyl (C=O) groups excluding carboxylic acids is 1. The molecule has 1 N–H and O–H groups in total. The van der Waals surface area contributed by atoms with Gasteiger partial charge >= 0.3 is 0 Å². The highest BCUT2D eigenvalue weighted by molar-refractivity contribution is 7.13. The van der Waals surface area contributed by atoms with E-state index in [0.29, 0.717) is 11.2 Å². The number of nitrogens with one attached hydrogen (secondary N) is 1. The third-order valence-corrected chi connectivity index (χ3v) is 5.14. The van der Waals surface area contributed by atoms with E-state index in [9.17, 15) is 4.79 Å². The lowest BCUT2D eigenvalue weighted by molar-refractivity contribution is -0.114. The maximum atomic E-state index is 11.1. The van der Waals surface area contributed by atoms with Crippen LogP contribution in [0.1, 0.15) is 25.4 Å². The number of aryl methyl sites for hydroxylation is 1. The standard InChI is InChI=1S/C16H24N6OS/c1-12-8-21(9-14-11-24-16(19-14)18-13(2)23)6-7-22(12)10-15-17-4-5-20(15)3/h4-5,11-12H,6-10H2,1-3H3,(H,18,19,23)/t12-/m0/s1. The van der Waals surface area contributed by atoms with Crippen molar-refractivity contribution in [2.24, 2.45) is 7.05 Å². The van der Waals surface area contributed by atoms with Gasteiger partial charge in [0.15, 0.2) is 5.13 Å². The van der Waals surface area contributed by atoms with Crippen molar-refractivity contribution >= 4 is 22.4 Å². The Morgan fingerprint density at radius 2 is 2.25 bits per heavy atom.